The van der Waals surface area contributed by atoms with Crippen LogP contribution in [0.5, 0.6) is 0 Å². The Morgan fingerprint density at radius 3 is 2.49 bits per heavy atom. The topological polar surface area (TPSA) is 94.5 Å². The van der Waals surface area contributed by atoms with Gasteiger partial charge < -0.3 is 29.0 Å². The summed E-state index contributed by atoms with van der Waals surface area (Å²) in [6.45, 7) is 13.9. The van der Waals surface area contributed by atoms with Crippen LogP contribution in [0.15, 0.2) is 12.2 Å². The Labute approximate surface area is 281 Å². The Hall–Kier alpha value is -1.48. The van der Waals surface area contributed by atoms with Crippen LogP contribution in [0.1, 0.15) is 105 Å². The number of methoxy groups -OCH3 is 1. The first-order valence-corrected chi connectivity index (χ1v) is 19.0. The van der Waals surface area contributed by atoms with Gasteiger partial charge in [-0.2, -0.15) is 0 Å². The fraction of sp³-hybridized carbons (Fsp3) is 0.897. The van der Waals surface area contributed by atoms with Gasteiger partial charge in [0, 0.05) is 24.5 Å². The maximum absolute atomic E-state index is 12.9. The highest BCUT2D eigenvalue weighted by Crippen LogP contribution is 2.89. The zero-order valence-electron chi connectivity index (χ0n) is 29.7. The van der Waals surface area contributed by atoms with E-state index < -0.39 is 6.10 Å². The summed E-state index contributed by atoms with van der Waals surface area (Å²) in [5.74, 6) is 2.26. The highest BCUT2D eigenvalue weighted by molar-refractivity contribution is 5.81. The van der Waals surface area contributed by atoms with Gasteiger partial charge in [0.2, 0.25) is 5.91 Å². The van der Waals surface area contributed by atoms with Gasteiger partial charge in [0.1, 0.15) is 0 Å². The molecule has 8 fully saturated rings. The molecule has 8 heteroatoms. The van der Waals surface area contributed by atoms with E-state index in [4.69, 9.17) is 18.9 Å². The Morgan fingerprint density at radius 2 is 1.74 bits per heavy atom. The lowest BCUT2D eigenvalue weighted by molar-refractivity contribution is -0.248. The lowest BCUT2D eigenvalue weighted by Gasteiger charge is -2.63. The number of hydrogen-bond acceptors (Lipinski definition) is 7. The monoisotopic (exact) mass is 653 g/mol. The molecule has 1 amide bonds. The molecule has 6 saturated carbocycles. The number of aliphatic hydroxyl groups is 1. The van der Waals surface area contributed by atoms with Crippen LogP contribution in [-0.2, 0) is 28.5 Å². The van der Waals surface area contributed by atoms with E-state index in [1.165, 1.54) is 51.7 Å². The van der Waals surface area contributed by atoms with Crippen LogP contribution in [0.4, 0.5) is 0 Å². The molecule has 0 bridgehead atoms. The summed E-state index contributed by atoms with van der Waals surface area (Å²) in [5.41, 5.74) is 0.402. The number of carbonyl (C=O) groups excluding carboxylic acids is 2. The Balaban J connectivity index is 0.997. The minimum absolute atomic E-state index is 0.0109. The quantitative estimate of drug-likeness (QED) is 0.282. The van der Waals surface area contributed by atoms with Gasteiger partial charge in [0.15, 0.2) is 6.29 Å². The molecule has 8 rings (SSSR count). The van der Waals surface area contributed by atoms with Gasteiger partial charge >= 0.3 is 5.97 Å². The van der Waals surface area contributed by atoms with E-state index in [1.807, 2.05) is 11.0 Å². The second-order valence-corrected chi connectivity index (χ2v) is 18.3. The summed E-state index contributed by atoms with van der Waals surface area (Å²) in [4.78, 5) is 26.7. The maximum Gasteiger partial charge on any atom is 0.330 e. The van der Waals surface area contributed by atoms with Crippen LogP contribution in [0.3, 0.4) is 0 Å². The van der Waals surface area contributed by atoms with E-state index >= 15 is 0 Å². The average Bonchev–Trinajstić information content (AvgIpc) is 3.96. The lowest BCUT2D eigenvalue weighted by Crippen LogP contribution is -2.60. The molecule has 8 aliphatic rings. The van der Waals surface area contributed by atoms with E-state index in [1.54, 1.807) is 0 Å². The van der Waals surface area contributed by atoms with Gasteiger partial charge in [-0.3, -0.25) is 4.79 Å². The average molecular weight is 654 g/mol. The van der Waals surface area contributed by atoms with E-state index in [9.17, 15) is 14.7 Å². The van der Waals surface area contributed by atoms with Crippen molar-refractivity contribution >= 4 is 11.9 Å². The minimum Gasteiger partial charge on any atom is -0.466 e. The summed E-state index contributed by atoms with van der Waals surface area (Å²) in [6, 6.07) is 0. The van der Waals surface area contributed by atoms with Crippen molar-refractivity contribution in [2.75, 3.05) is 26.8 Å². The number of fused-ring (bicyclic) bond motifs is 4. The molecule has 0 radical (unpaired) electrons. The summed E-state index contributed by atoms with van der Waals surface area (Å²) < 4.78 is 24.5. The van der Waals surface area contributed by atoms with Gasteiger partial charge in [0.05, 0.1) is 44.7 Å². The van der Waals surface area contributed by atoms with Crippen LogP contribution in [-0.4, -0.2) is 79.4 Å². The number of amides is 1. The molecule has 2 spiro atoms. The van der Waals surface area contributed by atoms with Crippen molar-refractivity contribution in [3.8, 4) is 0 Å². The highest BCUT2D eigenvalue weighted by atomic mass is 16.7. The summed E-state index contributed by atoms with van der Waals surface area (Å²) in [7, 11) is 1.40. The molecule has 262 valence electrons. The molecule has 0 aromatic carbocycles. The molecule has 2 aliphatic heterocycles. The molecule has 6 aliphatic carbocycles. The molecule has 47 heavy (non-hydrogen) atoms. The predicted molar refractivity (Wildman–Crippen MR) is 176 cm³/mol. The molecule has 1 N–H and O–H groups in total. The predicted octanol–water partition coefficient (Wildman–Crippen LogP) is 5.90. The van der Waals surface area contributed by atoms with Crippen LogP contribution < -0.4 is 0 Å². The molecule has 9 unspecified atom stereocenters. The second-order valence-electron chi connectivity index (χ2n) is 18.3. The standard InChI is InChI=1S/C39H59NO7/c1-23-19-25(9-12-30(42)44-6)46-33-32(23)36(4)15-16-39-22-38(39)14-13-28(35(2,3)26(38)10-11-27(39)37(36,5)34(33)43)47-31-21-40(17-18-45-31)29(41)20-24-7-8-24/h9,12,23-28,31-34,43H,7-8,10-11,13-22H2,1-6H3/b12-9+/t23-,25?,26+,27?,28?,31?,32?,33?,34+,36?,37-,38?,39?/m1/s1. The smallest absolute Gasteiger partial charge is 0.330 e. The van der Waals surface area contributed by atoms with Crippen molar-refractivity contribution < 1.29 is 33.6 Å². The van der Waals surface area contributed by atoms with Gasteiger partial charge in [-0.15, -0.1) is 0 Å². The highest BCUT2D eigenvalue weighted by Gasteiger charge is 2.84. The number of carbonyl (C=O) groups is 2. The van der Waals surface area contributed by atoms with E-state index in [-0.39, 0.29) is 58.1 Å². The van der Waals surface area contributed by atoms with Crippen molar-refractivity contribution in [2.45, 2.75) is 136 Å². The third-order valence-corrected chi connectivity index (χ3v) is 16.3. The van der Waals surface area contributed by atoms with Crippen LogP contribution in [0.25, 0.3) is 0 Å². The summed E-state index contributed by atoms with van der Waals surface area (Å²) in [6.07, 6.45) is 14.3. The number of morpholine rings is 1. The largest absolute Gasteiger partial charge is 0.466 e. The van der Waals surface area contributed by atoms with Crippen molar-refractivity contribution in [1.82, 2.24) is 4.90 Å². The van der Waals surface area contributed by atoms with E-state index in [0.29, 0.717) is 61.1 Å². The first kappa shape index (κ1) is 32.7. The Kier molecular flexibility index (Phi) is 7.66. The van der Waals surface area contributed by atoms with Gasteiger partial charge in [0.25, 0.3) is 0 Å². The van der Waals surface area contributed by atoms with Crippen molar-refractivity contribution in [1.29, 1.82) is 0 Å². The minimum atomic E-state index is -0.521. The fourth-order valence-corrected chi connectivity index (χ4v) is 13.7. The Morgan fingerprint density at radius 1 is 1.00 bits per heavy atom. The summed E-state index contributed by atoms with van der Waals surface area (Å²) in [5, 5.41) is 12.4. The van der Waals surface area contributed by atoms with Gasteiger partial charge in [-0.25, -0.2) is 4.79 Å². The van der Waals surface area contributed by atoms with Crippen molar-refractivity contribution in [2.24, 2.45) is 56.7 Å². The van der Waals surface area contributed by atoms with Gasteiger partial charge in [-0.1, -0.05) is 34.6 Å². The third kappa shape index (κ3) is 4.58. The molecule has 2 heterocycles. The van der Waals surface area contributed by atoms with Gasteiger partial charge in [-0.05, 0) is 122 Å². The van der Waals surface area contributed by atoms with E-state index in [2.05, 4.69) is 34.6 Å². The molecule has 0 aromatic rings. The van der Waals surface area contributed by atoms with Crippen molar-refractivity contribution in [3.63, 3.8) is 0 Å². The zero-order chi connectivity index (χ0) is 33.1. The van der Waals surface area contributed by atoms with E-state index in [0.717, 1.165) is 25.7 Å². The number of nitrogens with zero attached hydrogens (tertiary/aromatic N) is 1. The second kappa shape index (κ2) is 11.0. The molecular formula is C39H59NO7. The number of aliphatic hydroxyl groups excluding tert-OH is 1. The number of esters is 1. The van der Waals surface area contributed by atoms with Crippen molar-refractivity contribution in [3.05, 3.63) is 12.2 Å². The van der Waals surface area contributed by atoms with Crippen LogP contribution >= 0.6 is 0 Å². The fourth-order valence-electron chi connectivity index (χ4n) is 13.7. The number of rotatable bonds is 6. The molecule has 8 nitrogen and oxygen atoms in total. The number of hydrogen-bond donors (Lipinski definition) is 1. The molecule has 2 saturated heterocycles. The zero-order valence-corrected chi connectivity index (χ0v) is 29.7. The molecule has 0 aromatic heterocycles. The number of ether oxygens (including phenoxy) is 4. The SMILES string of the molecule is COC(=O)/C=C/C1C[C@@H](C)C2C(O1)[C@H](O)[C@@]1(C)C3CC[C@H]4C(C)(C)C(OC5CN(C(=O)CC6CC6)CCO5)CCC45CC35CCC21C. The Bertz CT molecular complexity index is 1310. The molecular weight excluding hydrogens is 594 g/mol. The molecule has 13 atom stereocenters. The van der Waals surface area contributed by atoms with Crippen LogP contribution in [0, 0.1) is 56.7 Å². The normalized spacial score (nSPS) is 51.3. The third-order valence-electron chi connectivity index (χ3n) is 16.3. The first-order chi connectivity index (χ1) is 22.3. The first-order valence-electron chi connectivity index (χ1n) is 19.0. The lowest BCUT2D eigenvalue weighted by atomic mass is 9.41. The van der Waals surface area contributed by atoms with Crippen LogP contribution in [0.2, 0.25) is 0 Å². The summed E-state index contributed by atoms with van der Waals surface area (Å²) >= 11 is 0. The maximum atomic E-state index is 12.9.